The lowest BCUT2D eigenvalue weighted by Crippen LogP contribution is -2.40. The van der Waals surface area contributed by atoms with Crippen molar-refractivity contribution in [1.29, 1.82) is 0 Å². The molecule has 0 aliphatic rings. The normalized spacial score (nSPS) is 11.8. The van der Waals surface area contributed by atoms with Gasteiger partial charge in [0.2, 0.25) is 0 Å². The highest BCUT2D eigenvalue weighted by molar-refractivity contribution is 6.99. The molecule has 0 saturated heterocycles. The Bertz CT molecular complexity index is 285. The topological polar surface area (TPSA) is 29.0 Å². The molecule has 3 nitrogen and oxygen atoms in total. The molecule has 0 aliphatic heterocycles. The zero-order valence-electron chi connectivity index (χ0n) is 8.33. The van der Waals surface area contributed by atoms with Crippen LogP contribution in [0, 0.1) is 0 Å². The van der Waals surface area contributed by atoms with Gasteiger partial charge in [-0.3, -0.25) is 0 Å². The van der Waals surface area contributed by atoms with E-state index < -0.39 is 0 Å². The molecule has 13 heavy (non-hydrogen) atoms. The quantitative estimate of drug-likeness (QED) is 0.783. The van der Waals surface area contributed by atoms with E-state index in [0.29, 0.717) is 5.15 Å². The van der Waals surface area contributed by atoms with Crippen molar-refractivity contribution >= 4 is 29.1 Å². The molecule has 0 unspecified atom stereocenters. The first kappa shape index (κ1) is 10.7. The third-order valence-corrected chi connectivity index (χ3v) is 3.40. The predicted octanol–water partition coefficient (Wildman–Crippen LogP) is 2.82. The van der Waals surface area contributed by atoms with E-state index in [1.165, 1.54) is 0 Å². The van der Waals surface area contributed by atoms with Crippen LogP contribution in [0.4, 0.5) is 5.82 Å². The molecule has 0 aromatic carbocycles. The largest absolute Gasteiger partial charge is 0.351 e. The summed E-state index contributed by atoms with van der Waals surface area (Å²) < 4.78 is 8.09. The van der Waals surface area contributed by atoms with Crippen molar-refractivity contribution in [1.82, 2.24) is 8.75 Å². The van der Waals surface area contributed by atoms with Crippen molar-refractivity contribution in [3.05, 3.63) is 5.15 Å². The maximum atomic E-state index is 5.89. The van der Waals surface area contributed by atoms with Gasteiger partial charge in [-0.25, -0.2) is 0 Å². The Morgan fingerprint density at radius 1 is 1.46 bits per heavy atom. The van der Waals surface area contributed by atoms with E-state index in [0.717, 1.165) is 24.0 Å². The van der Waals surface area contributed by atoms with Gasteiger partial charge in [-0.05, 0) is 20.3 Å². The average Bonchev–Trinajstić information content (AvgIpc) is 2.50. The smallest absolute Gasteiger partial charge is 0.187 e. The molecule has 0 atom stereocenters. The lowest BCUT2D eigenvalue weighted by molar-refractivity contribution is 0.468. The second kappa shape index (κ2) is 3.80. The summed E-state index contributed by atoms with van der Waals surface area (Å²) in [5, 5.41) is 0.494. The maximum absolute atomic E-state index is 5.89. The van der Waals surface area contributed by atoms with Crippen LogP contribution in [0.2, 0.25) is 5.15 Å². The van der Waals surface area contributed by atoms with Gasteiger partial charge in [-0.15, -0.1) is 0 Å². The van der Waals surface area contributed by atoms with Crippen LogP contribution < -0.4 is 4.90 Å². The van der Waals surface area contributed by atoms with Gasteiger partial charge in [0.25, 0.3) is 0 Å². The average molecular weight is 220 g/mol. The SMILES string of the molecule is CCC(C)(C)N(C)c1nsnc1Cl. The van der Waals surface area contributed by atoms with Crippen LogP contribution in [0.1, 0.15) is 27.2 Å². The van der Waals surface area contributed by atoms with Gasteiger partial charge in [0.1, 0.15) is 0 Å². The minimum Gasteiger partial charge on any atom is -0.351 e. The molecule has 1 rings (SSSR count). The van der Waals surface area contributed by atoms with Gasteiger partial charge in [0, 0.05) is 12.6 Å². The molecule has 0 fully saturated rings. The number of nitrogens with zero attached hydrogens (tertiary/aromatic N) is 3. The van der Waals surface area contributed by atoms with E-state index in [2.05, 4.69) is 34.4 Å². The summed E-state index contributed by atoms with van der Waals surface area (Å²) in [6.07, 6.45) is 1.04. The van der Waals surface area contributed by atoms with Crippen molar-refractivity contribution in [2.75, 3.05) is 11.9 Å². The summed E-state index contributed by atoms with van der Waals surface area (Å²) in [4.78, 5) is 2.07. The van der Waals surface area contributed by atoms with E-state index in [9.17, 15) is 0 Å². The first-order valence-electron chi connectivity index (χ1n) is 4.21. The molecule has 0 radical (unpaired) electrons. The lowest BCUT2D eigenvalue weighted by Gasteiger charge is -2.34. The first-order chi connectivity index (χ1) is 5.99. The molecule has 0 aliphatic carbocycles. The summed E-state index contributed by atoms with van der Waals surface area (Å²) >= 11 is 7.04. The monoisotopic (exact) mass is 219 g/mol. The van der Waals surface area contributed by atoms with Crippen molar-refractivity contribution in [3.63, 3.8) is 0 Å². The third-order valence-electron chi connectivity index (χ3n) is 2.52. The number of hydrogen-bond acceptors (Lipinski definition) is 4. The van der Waals surface area contributed by atoms with Crippen molar-refractivity contribution in [3.8, 4) is 0 Å². The molecular weight excluding hydrogens is 206 g/mol. The Hall–Kier alpha value is -0.350. The zero-order valence-corrected chi connectivity index (χ0v) is 9.91. The second-order valence-electron chi connectivity index (χ2n) is 3.60. The van der Waals surface area contributed by atoms with Gasteiger partial charge in [0.05, 0.1) is 11.7 Å². The fraction of sp³-hybridized carbons (Fsp3) is 0.750. The number of aromatic nitrogens is 2. The highest BCUT2D eigenvalue weighted by Crippen LogP contribution is 2.28. The molecule has 1 aromatic heterocycles. The Balaban J connectivity index is 2.91. The van der Waals surface area contributed by atoms with E-state index >= 15 is 0 Å². The molecule has 1 aromatic rings. The molecule has 0 spiro atoms. The minimum absolute atomic E-state index is 0.0688. The van der Waals surface area contributed by atoms with Gasteiger partial charge in [0.15, 0.2) is 11.0 Å². The Morgan fingerprint density at radius 3 is 2.46 bits per heavy atom. The summed E-state index contributed by atoms with van der Waals surface area (Å²) in [7, 11) is 1.99. The molecule has 0 saturated carbocycles. The second-order valence-corrected chi connectivity index (χ2v) is 4.49. The van der Waals surface area contributed by atoms with Crippen LogP contribution in [0.5, 0.6) is 0 Å². The minimum atomic E-state index is 0.0688. The third kappa shape index (κ3) is 2.11. The maximum Gasteiger partial charge on any atom is 0.187 e. The van der Waals surface area contributed by atoms with Crippen molar-refractivity contribution in [2.45, 2.75) is 32.7 Å². The Morgan fingerprint density at radius 2 is 2.08 bits per heavy atom. The van der Waals surface area contributed by atoms with E-state index in [-0.39, 0.29) is 5.54 Å². The van der Waals surface area contributed by atoms with Crippen LogP contribution in [-0.2, 0) is 0 Å². The fourth-order valence-electron chi connectivity index (χ4n) is 0.897. The molecule has 1 heterocycles. The lowest BCUT2D eigenvalue weighted by atomic mass is 10.0. The molecule has 0 N–H and O–H groups in total. The standard InChI is InChI=1S/C8H14ClN3S/c1-5-8(2,3)12(4)7-6(9)10-13-11-7/h5H2,1-4H3. The molecule has 5 heteroatoms. The predicted molar refractivity (Wildman–Crippen MR) is 57.7 cm³/mol. The van der Waals surface area contributed by atoms with Crippen LogP contribution in [-0.4, -0.2) is 21.3 Å². The van der Waals surface area contributed by atoms with E-state index in [1.807, 2.05) is 7.05 Å². The summed E-state index contributed by atoms with van der Waals surface area (Å²) in [6.45, 7) is 6.45. The van der Waals surface area contributed by atoms with E-state index in [4.69, 9.17) is 11.6 Å². The molecule has 0 amide bonds. The molecule has 0 bridgehead atoms. The Labute approximate surface area is 88.0 Å². The number of hydrogen-bond donors (Lipinski definition) is 0. The van der Waals surface area contributed by atoms with E-state index in [1.54, 1.807) is 0 Å². The zero-order chi connectivity index (χ0) is 10.1. The first-order valence-corrected chi connectivity index (χ1v) is 5.31. The number of rotatable bonds is 3. The van der Waals surface area contributed by atoms with Gasteiger partial charge in [-0.2, -0.15) is 8.75 Å². The van der Waals surface area contributed by atoms with Crippen molar-refractivity contribution < 1.29 is 0 Å². The number of anilines is 1. The van der Waals surface area contributed by atoms with Crippen molar-refractivity contribution in [2.24, 2.45) is 0 Å². The molecule has 74 valence electrons. The van der Waals surface area contributed by atoms with Gasteiger partial charge in [-0.1, -0.05) is 18.5 Å². The van der Waals surface area contributed by atoms with Crippen LogP contribution in [0.15, 0.2) is 0 Å². The summed E-state index contributed by atoms with van der Waals surface area (Å²) in [5.74, 6) is 0.776. The highest BCUT2D eigenvalue weighted by atomic mass is 35.5. The fourth-order valence-corrected chi connectivity index (χ4v) is 1.69. The van der Waals surface area contributed by atoms with Gasteiger partial charge < -0.3 is 4.90 Å². The van der Waals surface area contributed by atoms with Crippen LogP contribution in [0.25, 0.3) is 0 Å². The summed E-state index contributed by atoms with van der Waals surface area (Å²) in [6, 6.07) is 0. The van der Waals surface area contributed by atoms with Crippen LogP contribution in [0.3, 0.4) is 0 Å². The van der Waals surface area contributed by atoms with Crippen LogP contribution >= 0.6 is 23.3 Å². The highest BCUT2D eigenvalue weighted by Gasteiger charge is 2.25. The molecular formula is C8H14ClN3S. The Kier molecular flexibility index (Phi) is 3.14. The number of halogens is 1. The van der Waals surface area contributed by atoms with Gasteiger partial charge >= 0.3 is 0 Å². The summed E-state index contributed by atoms with van der Waals surface area (Å²) in [5.41, 5.74) is 0.0688.